The zero-order valence-corrected chi connectivity index (χ0v) is 8.63. The molecule has 1 atom stereocenters. The predicted molar refractivity (Wildman–Crippen MR) is 56.5 cm³/mol. The van der Waals surface area contributed by atoms with Gasteiger partial charge in [0.15, 0.2) is 0 Å². The highest BCUT2D eigenvalue weighted by Gasteiger charge is 2.23. The van der Waals surface area contributed by atoms with E-state index in [4.69, 9.17) is 10.2 Å². The SMILES string of the molecule is CN(CCO)[C@@H](C(=O)O)c1ccccc1. The maximum atomic E-state index is 11.1. The highest BCUT2D eigenvalue weighted by molar-refractivity contribution is 5.75. The van der Waals surface area contributed by atoms with E-state index in [9.17, 15) is 4.79 Å². The van der Waals surface area contributed by atoms with Gasteiger partial charge in [0.25, 0.3) is 0 Å². The van der Waals surface area contributed by atoms with E-state index in [0.29, 0.717) is 6.54 Å². The van der Waals surface area contributed by atoms with Gasteiger partial charge >= 0.3 is 5.97 Å². The van der Waals surface area contributed by atoms with Crippen LogP contribution in [0.1, 0.15) is 11.6 Å². The van der Waals surface area contributed by atoms with Crippen LogP contribution < -0.4 is 0 Å². The Labute approximate surface area is 88.8 Å². The summed E-state index contributed by atoms with van der Waals surface area (Å²) in [5.41, 5.74) is 0.723. The van der Waals surface area contributed by atoms with E-state index in [1.54, 1.807) is 36.2 Å². The zero-order valence-electron chi connectivity index (χ0n) is 8.63. The van der Waals surface area contributed by atoms with Gasteiger partial charge in [-0.25, -0.2) is 0 Å². The highest BCUT2D eigenvalue weighted by Crippen LogP contribution is 2.18. The summed E-state index contributed by atoms with van der Waals surface area (Å²) in [5.74, 6) is -0.905. The first kappa shape index (κ1) is 11.7. The van der Waals surface area contributed by atoms with Crippen LogP contribution in [0.2, 0.25) is 0 Å². The Bertz CT molecular complexity index is 313. The minimum atomic E-state index is -0.905. The second-order valence-corrected chi connectivity index (χ2v) is 3.36. The minimum Gasteiger partial charge on any atom is -0.480 e. The topological polar surface area (TPSA) is 60.8 Å². The molecule has 0 aliphatic carbocycles. The number of rotatable bonds is 5. The zero-order chi connectivity index (χ0) is 11.3. The molecule has 82 valence electrons. The lowest BCUT2D eigenvalue weighted by Gasteiger charge is -2.23. The van der Waals surface area contributed by atoms with E-state index in [-0.39, 0.29) is 6.61 Å². The lowest BCUT2D eigenvalue weighted by Crippen LogP contribution is -2.32. The largest absolute Gasteiger partial charge is 0.480 e. The van der Waals surface area contributed by atoms with Crippen LogP contribution in [0.25, 0.3) is 0 Å². The van der Waals surface area contributed by atoms with Crippen molar-refractivity contribution in [1.82, 2.24) is 4.90 Å². The van der Waals surface area contributed by atoms with E-state index in [0.717, 1.165) is 5.56 Å². The second kappa shape index (κ2) is 5.48. The predicted octanol–water partition coefficient (Wildman–Crippen LogP) is 0.736. The molecule has 0 fully saturated rings. The number of carbonyl (C=O) groups is 1. The summed E-state index contributed by atoms with van der Waals surface area (Å²) < 4.78 is 0. The molecular formula is C11H15NO3. The highest BCUT2D eigenvalue weighted by atomic mass is 16.4. The number of aliphatic hydroxyl groups excluding tert-OH is 1. The summed E-state index contributed by atoms with van der Waals surface area (Å²) in [6.07, 6.45) is 0. The lowest BCUT2D eigenvalue weighted by atomic mass is 10.1. The third kappa shape index (κ3) is 3.04. The van der Waals surface area contributed by atoms with Gasteiger partial charge in [-0.05, 0) is 12.6 Å². The van der Waals surface area contributed by atoms with Crippen LogP contribution in [-0.4, -0.2) is 41.3 Å². The number of aliphatic carboxylic acids is 1. The smallest absolute Gasteiger partial charge is 0.325 e. The van der Waals surface area contributed by atoms with Crippen LogP contribution in [-0.2, 0) is 4.79 Å². The average molecular weight is 209 g/mol. The van der Waals surface area contributed by atoms with Gasteiger partial charge in [-0.15, -0.1) is 0 Å². The second-order valence-electron chi connectivity index (χ2n) is 3.36. The Balaban J connectivity index is 2.88. The summed E-state index contributed by atoms with van der Waals surface area (Å²) in [7, 11) is 1.68. The van der Waals surface area contributed by atoms with Crippen molar-refractivity contribution < 1.29 is 15.0 Å². The standard InChI is InChI=1S/C11H15NO3/c1-12(7-8-13)10(11(14)15)9-5-3-2-4-6-9/h2-6,10,13H,7-8H2,1H3,(H,14,15)/t10-/m1/s1. The van der Waals surface area contributed by atoms with Gasteiger partial charge in [0.2, 0.25) is 0 Å². The fourth-order valence-electron chi connectivity index (χ4n) is 1.51. The van der Waals surface area contributed by atoms with Gasteiger partial charge in [-0.2, -0.15) is 0 Å². The quantitative estimate of drug-likeness (QED) is 0.750. The summed E-state index contributed by atoms with van der Waals surface area (Å²) in [6.45, 7) is 0.291. The summed E-state index contributed by atoms with van der Waals surface area (Å²) in [5, 5.41) is 17.9. The van der Waals surface area contributed by atoms with Crippen molar-refractivity contribution in [2.24, 2.45) is 0 Å². The Hall–Kier alpha value is -1.39. The Morgan fingerprint density at radius 3 is 2.47 bits per heavy atom. The lowest BCUT2D eigenvalue weighted by molar-refractivity contribution is -0.143. The van der Waals surface area contributed by atoms with Gasteiger partial charge in [0, 0.05) is 6.54 Å². The Morgan fingerprint density at radius 2 is 2.00 bits per heavy atom. The van der Waals surface area contributed by atoms with E-state index < -0.39 is 12.0 Å². The van der Waals surface area contributed by atoms with E-state index in [1.807, 2.05) is 6.07 Å². The number of nitrogens with zero attached hydrogens (tertiary/aromatic N) is 1. The molecule has 0 unspecified atom stereocenters. The molecule has 1 aromatic rings. The van der Waals surface area contributed by atoms with Crippen molar-refractivity contribution in [3.8, 4) is 0 Å². The van der Waals surface area contributed by atoms with Crippen LogP contribution >= 0.6 is 0 Å². The number of hydrogen-bond donors (Lipinski definition) is 2. The van der Waals surface area contributed by atoms with Crippen LogP contribution in [0.4, 0.5) is 0 Å². The van der Waals surface area contributed by atoms with Crippen LogP contribution in [0.15, 0.2) is 30.3 Å². The van der Waals surface area contributed by atoms with Crippen molar-refractivity contribution in [3.05, 3.63) is 35.9 Å². The van der Waals surface area contributed by atoms with Gasteiger partial charge < -0.3 is 10.2 Å². The van der Waals surface area contributed by atoms with Crippen LogP contribution in [0, 0.1) is 0 Å². The van der Waals surface area contributed by atoms with E-state index >= 15 is 0 Å². The Kier molecular flexibility index (Phi) is 4.27. The van der Waals surface area contributed by atoms with Crippen LogP contribution in [0.5, 0.6) is 0 Å². The number of aliphatic hydroxyl groups is 1. The van der Waals surface area contributed by atoms with Gasteiger partial charge in [0.05, 0.1) is 6.61 Å². The molecule has 1 rings (SSSR count). The van der Waals surface area contributed by atoms with E-state index in [1.165, 1.54) is 0 Å². The summed E-state index contributed by atoms with van der Waals surface area (Å²) >= 11 is 0. The minimum absolute atomic E-state index is 0.0485. The van der Waals surface area contributed by atoms with E-state index in [2.05, 4.69) is 0 Å². The molecule has 0 saturated carbocycles. The molecule has 0 radical (unpaired) electrons. The first-order valence-electron chi connectivity index (χ1n) is 4.75. The molecule has 0 heterocycles. The van der Waals surface area contributed by atoms with Crippen molar-refractivity contribution in [1.29, 1.82) is 0 Å². The average Bonchev–Trinajstić information content (AvgIpc) is 2.19. The fraction of sp³-hybridized carbons (Fsp3) is 0.364. The third-order valence-corrected chi connectivity index (χ3v) is 2.24. The summed E-state index contributed by atoms with van der Waals surface area (Å²) in [6, 6.07) is 8.29. The van der Waals surface area contributed by atoms with Crippen LogP contribution in [0.3, 0.4) is 0 Å². The maximum Gasteiger partial charge on any atom is 0.325 e. The van der Waals surface area contributed by atoms with Crippen molar-refractivity contribution in [2.75, 3.05) is 20.2 Å². The van der Waals surface area contributed by atoms with Gasteiger partial charge in [-0.3, -0.25) is 9.69 Å². The number of benzene rings is 1. The van der Waals surface area contributed by atoms with Crippen molar-refractivity contribution in [2.45, 2.75) is 6.04 Å². The first-order chi connectivity index (χ1) is 7.16. The molecule has 0 saturated heterocycles. The molecule has 0 aromatic heterocycles. The third-order valence-electron chi connectivity index (χ3n) is 2.24. The number of hydrogen-bond acceptors (Lipinski definition) is 3. The molecular weight excluding hydrogens is 194 g/mol. The normalized spacial score (nSPS) is 12.7. The molecule has 4 heteroatoms. The molecule has 0 aliphatic rings. The molecule has 15 heavy (non-hydrogen) atoms. The molecule has 2 N–H and O–H groups in total. The van der Waals surface area contributed by atoms with Crippen molar-refractivity contribution in [3.63, 3.8) is 0 Å². The molecule has 0 bridgehead atoms. The molecule has 0 aliphatic heterocycles. The Morgan fingerprint density at radius 1 is 1.40 bits per heavy atom. The fourth-order valence-corrected chi connectivity index (χ4v) is 1.51. The summed E-state index contributed by atoms with van der Waals surface area (Å²) in [4.78, 5) is 12.7. The first-order valence-corrected chi connectivity index (χ1v) is 4.75. The van der Waals surface area contributed by atoms with Gasteiger partial charge in [-0.1, -0.05) is 30.3 Å². The molecule has 0 spiro atoms. The number of likely N-dealkylation sites (N-methyl/N-ethyl adjacent to an activating group) is 1. The maximum absolute atomic E-state index is 11.1. The monoisotopic (exact) mass is 209 g/mol. The molecule has 0 amide bonds. The molecule has 4 nitrogen and oxygen atoms in total. The van der Waals surface area contributed by atoms with Gasteiger partial charge in [0.1, 0.15) is 6.04 Å². The molecule has 1 aromatic carbocycles. The number of carboxylic acids is 1. The number of carboxylic acid groups (broad SMARTS) is 1. The van der Waals surface area contributed by atoms with Crippen molar-refractivity contribution >= 4 is 5.97 Å².